The Morgan fingerprint density at radius 3 is 2.73 bits per heavy atom. The molecule has 2 aliphatic rings. The van der Waals surface area contributed by atoms with Crippen molar-refractivity contribution < 1.29 is 9.00 Å². The molecular weight excluding hydrogens is 300 g/mol. The highest BCUT2D eigenvalue weighted by atomic mass is 32.2. The maximum atomic E-state index is 12.4. The van der Waals surface area contributed by atoms with Gasteiger partial charge in [0.05, 0.1) is 16.8 Å². The number of hydrogen-bond donors (Lipinski definition) is 1. The third-order valence-corrected chi connectivity index (χ3v) is 4.84. The van der Waals surface area contributed by atoms with E-state index < -0.39 is 10.8 Å². The monoisotopic (exact) mass is 320 g/mol. The first-order chi connectivity index (χ1) is 10.5. The van der Waals surface area contributed by atoms with E-state index in [0.29, 0.717) is 0 Å². The number of rotatable bonds is 2. The zero-order chi connectivity index (χ0) is 16.3. The van der Waals surface area contributed by atoms with Gasteiger partial charge in [-0.3, -0.25) is 9.00 Å². The van der Waals surface area contributed by atoms with Gasteiger partial charge < -0.3 is 10.6 Å². The van der Waals surface area contributed by atoms with Gasteiger partial charge in [0.25, 0.3) is 5.91 Å². The summed E-state index contributed by atoms with van der Waals surface area (Å²) in [5, 5.41) is 9.21. The summed E-state index contributed by atoms with van der Waals surface area (Å²) < 4.78 is 11.2. The molecule has 7 heteroatoms. The third-order valence-electron chi connectivity index (χ3n) is 4.15. The summed E-state index contributed by atoms with van der Waals surface area (Å²) in [4.78, 5) is 18.2. The van der Waals surface area contributed by atoms with Crippen LogP contribution in [0.15, 0.2) is 28.4 Å². The summed E-state index contributed by atoms with van der Waals surface area (Å²) in [6.07, 6.45) is 8.64. The highest BCUT2D eigenvalue weighted by molar-refractivity contribution is 7.99. The first-order valence-corrected chi connectivity index (χ1v) is 8.82. The molecule has 1 aliphatic heterocycles. The Morgan fingerprint density at radius 1 is 1.55 bits per heavy atom. The van der Waals surface area contributed by atoms with Gasteiger partial charge in [0.15, 0.2) is 5.17 Å². The number of hydrogen-bond acceptors (Lipinski definition) is 4. The molecule has 118 valence electrons. The van der Waals surface area contributed by atoms with Gasteiger partial charge in [-0.25, -0.2) is 4.99 Å². The van der Waals surface area contributed by atoms with Gasteiger partial charge in [-0.15, -0.1) is 0 Å². The number of amidine groups is 1. The molecule has 0 saturated heterocycles. The van der Waals surface area contributed by atoms with Crippen LogP contribution in [0.25, 0.3) is 0 Å². The van der Waals surface area contributed by atoms with E-state index in [1.807, 2.05) is 13.0 Å². The topological polar surface area (TPSA) is 99.5 Å². The SMILES string of the molecule is CC1/C(=C\N=C(N)S(C)=O)C=C(C#N)C(=O)N1C1CCCC1. The Morgan fingerprint density at radius 2 is 2.18 bits per heavy atom. The number of aliphatic imine (C=N–C) groups is 1. The van der Waals surface area contributed by atoms with E-state index in [1.165, 1.54) is 12.5 Å². The molecule has 1 saturated carbocycles. The first-order valence-electron chi connectivity index (χ1n) is 7.27. The Hall–Kier alpha value is -1.94. The van der Waals surface area contributed by atoms with Gasteiger partial charge >= 0.3 is 0 Å². The fourth-order valence-electron chi connectivity index (χ4n) is 2.93. The van der Waals surface area contributed by atoms with Crippen LogP contribution < -0.4 is 5.73 Å². The highest BCUT2D eigenvalue weighted by Gasteiger charge is 2.36. The molecule has 0 radical (unpaired) electrons. The third kappa shape index (κ3) is 3.28. The Bertz CT molecular complexity index is 624. The zero-order valence-corrected chi connectivity index (χ0v) is 13.6. The number of nitriles is 1. The van der Waals surface area contributed by atoms with Crippen LogP contribution in [0, 0.1) is 11.3 Å². The lowest BCUT2D eigenvalue weighted by atomic mass is 9.96. The minimum atomic E-state index is -1.34. The Balaban J connectivity index is 2.37. The largest absolute Gasteiger partial charge is 0.376 e. The van der Waals surface area contributed by atoms with Gasteiger partial charge in [0, 0.05) is 18.5 Å². The van der Waals surface area contributed by atoms with Gasteiger partial charge in [0.1, 0.15) is 11.6 Å². The zero-order valence-electron chi connectivity index (χ0n) is 12.8. The fraction of sp³-hybridized carbons (Fsp3) is 0.533. The molecule has 0 aromatic rings. The van der Waals surface area contributed by atoms with Crippen molar-refractivity contribution in [2.24, 2.45) is 10.7 Å². The highest BCUT2D eigenvalue weighted by Crippen LogP contribution is 2.31. The summed E-state index contributed by atoms with van der Waals surface area (Å²) in [7, 11) is -1.34. The summed E-state index contributed by atoms with van der Waals surface area (Å²) in [5.74, 6) is -0.213. The van der Waals surface area contributed by atoms with Gasteiger partial charge in [-0.05, 0) is 31.4 Å². The second-order valence-electron chi connectivity index (χ2n) is 5.55. The van der Waals surface area contributed by atoms with Crippen LogP contribution in [-0.2, 0) is 15.6 Å². The standard InChI is InChI=1S/C15H20N4O2S/c1-10-12(9-18-15(17)22(2)21)7-11(8-16)14(20)19(10)13-5-3-4-6-13/h7,9-10,13H,3-6H2,1-2H3,(H2,17,18)/b12-9-. The molecule has 0 spiro atoms. The summed E-state index contributed by atoms with van der Waals surface area (Å²) in [6.45, 7) is 1.92. The van der Waals surface area contributed by atoms with E-state index in [-0.39, 0.29) is 28.7 Å². The molecule has 1 fully saturated rings. The van der Waals surface area contributed by atoms with Crippen molar-refractivity contribution in [3.8, 4) is 6.07 Å². The molecule has 0 aromatic heterocycles. The molecule has 2 N–H and O–H groups in total. The minimum Gasteiger partial charge on any atom is -0.376 e. The predicted molar refractivity (Wildman–Crippen MR) is 86.0 cm³/mol. The molecule has 2 atom stereocenters. The van der Waals surface area contributed by atoms with E-state index in [4.69, 9.17) is 5.73 Å². The average Bonchev–Trinajstić information content (AvgIpc) is 3.00. The van der Waals surface area contributed by atoms with Crippen molar-refractivity contribution in [2.75, 3.05) is 6.26 Å². The number of nitrogens with two attached hydrogens (primary N) is 1. The lowest BCUT2D eigenvalue weighted by molar-refractivity contribution is -0.130. The van der Waals surface area contributed by atoms with Crippen molar-refractivity contribution in [2.45, 2.75) is 44.7 Å². The smallest absolute Gasteiger partial charge is 0.265 e. The van der Waals surface area contributed by atoms with E-state index in [9.17, 15) is 14.3 Å². The second kappa shape index (κ2) is 6.88. The van der Waals surface area contributed by atoms with E-state index in [1.54, 1.807) is 11.0 Å². The fourth-order valence-corrected chi connectivity index (χ4v) is 3.13. The molecule has 1 aliphatic carbocycles. The van der Waals surface area contributed by atoms with Crippen LogP contribution in [0.4, 0.5) is 0 Å². The van der Waals surface area contributed by atoms with Gasteiger partial charge in [-0.1, -0.05) is 12.8 Å². The van der Waals surface area contributed by atoms with Gasteiger partial charge in [-0.2, -0.15) is 5.26 Å². The summed E-state index contributed by atoms with van der Waals surface area (Å²) in [6, 6.07) is 1.96. The van der Waals surface area contributed by atoms with Crippen LogP contribution in [0.3, 0.4) is 0 Å². The van der Waals surface area contributed by atoms with E-state index in [0.717, 1.165) is 31.3 Å². The molecule has 1 amide bonds. The summed E-state index contributed by atoms with van der Waals surface area (Å²) >= 11 is 0. The van der Waals surface area contributed by atoms with Gasteiger partial charge in [0.2, 0.25) is 0 Å². The van der Waals surface area contributed by atoms with Crippen LogP contribution in [0.1, 0.15) is 32.6 Å². The summed E-state index contributed by atoms with van der Waals surface area (Å²) in [5.41, 5.74) is 6.42. The van der Waals surface area contributed by atoms with Crippen LogP contribution in [0.5, 0.6) is 0 Å². The quantitative estimate of drug-likeness (QED) is 0.610. The molecule has 2 rings (SSSR count). The normalized spacial score (nSPS) is 27.0. The van der Waals surface area contributed by atoms with Crippen LogP contribution >= 0.6 is 0 Å². The van der Waals surface area contributed by atoms with Crippen molar-refractivity contribution >= 4 is 21.9 Å². The molecule has 0 aromatic carbocycles. The lowest BCUT2D eigenvalue weighted by Crippen LogP contribution is -2.48. The Kier molecular flexibility index (Phi) is 5.14. The Labute approximate surface area is 132 Å². The first kappa shape index (κ1) is 16.4. The molecule has 1 heterocycles. The van der Waals surface area contributed by atoms with Crippen LogP contribution in [-0.4, -0.2) is 38.5 Å². The number of carbonyl (C=O) groups excluding carboxylic acids is 1. The number of amides is 1. The maximum Gasteiger partial charge on any atom is 0.265 e. The second-order valence-corrected chi connectivity index (χ2v) is 6.87. The number of nitrogens with zero attached hydrogens (tertiary/aromatic N) is 3. The molecular formula is C15H20N4O2S. The predicted octanol–water partition coefficient (Wildman–Crippen LogP) is 1.19. The molecule has 22 heavy (non-hydrogen) atoms. The lowest BCUT2D eigenvalue weighted by Gasteiger charge is -2.37. The molecule has 0 bridgehead atoms. The minimum absolute atomic E-state index is 0.0240. The van der Waals surface area contributed by atoms with Crippen LogP contribution in [0.2, 0.25) is 0 Å². The van der Waals surface area contributed by atoms with E-state index in [2.05, 4.69) is 4.99 Å². The van der Waals surface area contributed by atoms with Crippen molar-refractivity contribution in [1.82, 2.24) is 4.90 Å². The van der Waals surface area contributed by atoms with Crippen molar-refractivity contribution in [1.29, 1.82) is 5.26 Å². The van der Waals surface area contributed by atoms with Crippen molar-refractivity contribution in [3.63, 3.8) is 0 Å². The molecule has 2 unspecified atom stereocenters. The molecule has 6 nitrogen and oxygen atoms in total. The maximum absolute atomic E-state index is 12.4. The average molecular weight is 320 g/mol. The number of carbonyl (C=O) groups is 1. The van der Waals surface area contributed by atoms with Crippen molar-refractivity contribution in [3.05, 3.63) is 23.4 Å². The van der Waals surface area contributed by atoms with E-state index >= 15 is 0 Å².